The lowest BCUT2D eigenvalue weighted by atomic mass is 9.93. The minimum absolute atomic E-state index is 0. The number of ether oxygens (including phenoxy) is 1. The van der Waals surface area contributed by atoms with Crippen molar-refractivity contribution < 1.29 is 9.53 Å². The topological polar surface area (TPSA) is 82.1 Å². The Morgan fingerprint density at radius 3 is 2.45 bits per heavy atom. The minimum Gasteiger partial charge on any atom is -0.372 e. The Kier molecular flexibility index (Phi) is 10.3. The summed E-state index contributed by atoms with van der Waals surface area (Å²) in [4.78, 5) is 25.3. The van der Waals surface area contributed by atoms with Crippen LogP contribution in [0.1, 0.15) is 38.7 Å². The van der Waals surface area contributed by atoms with Gasteiger partial charge in [0.1, 0.15) is 5.82 Å². The summed E-state index contributed by atoms with van der Waals surface area (Å²) in [5, 5.41) is 6.18. The summed E-state index contributed by atoms with van der Waals surface area (Å²) in [6, 6.07) is 4.22. The maximum atomic E-state index is 11.6. The van der Waals surface area contributed by atoms with Gasteiger partial charge in [-0.15, -0.1) is 24.0 Å². The zero-order chi connectivity index (χ0) is 21.5. The van der Waals surface area contributed by atoms with Gasteiger partial charge in [0.25, 0.3) is 0 Å². The van der Waals surface area contributed by atoms with Crippen LogP contribution in [-0.4, -0.2) is 74.2 Å². The zero-order valence-corrected chi connectivity index (χ0v) is 21.5. The average molecular weight is 544 g/mol. The number of aromatic nitrogens is 1. The van der Waals surface area contributed by atoms with Crippen LogP contribution in [0.25, 0.3) is 0 Å². The molecule has 8 nitrogen and oxygen atoms in total. The van der Waals surface area contributed by atoms with Gasteiger partial charge in [-0.05, 0) is 44.2 Å². The molecule has 1 aromatic heterocycles. The van der Waals surface area contributed by atoms with E-state index in [0.29, 0.717) is 18.9 Å². The second kappa shape index (κ2) is 12.4. The molecule has 2 N–H and O–H groups in total. The number of nitrogens with zero attached hydrogens (tertiary/aromatic N) is 4. The number of guanidine groups is 1. The molecule has 3 rings (SSSR count). The van der Waals surface area contributed by atoms with Crippen LogP contribution in [0.2, 0.25) is 0 Å². The monoisotopic (exact) mass is 544 g/mol. The van der Waals surface area contributed by atoms with E-state index in [9.17, 15) is 4.79 Å². The van der Waals surface area contributed by atoms with E-state index in [1.54, 1.807) is 7.05 Å². The van der Waals surface area contributed by atoms with E-state index in [4.69, 9.17) is 4.74 Å². The summed E-state index contributed by atoms with van der Waals surface area (Å²) < 4.78 is 5.81. The number of halogens is 1. The van der Waals surface area contributed by atoms with Gasteiger partial charge in [0.05, 0.1) is 12.2 Å². The number of carbonyl (C=O) groups is 1. The fourth-order valence-electron chi connectivity index (χ4n) is 4.30. The largest absolute Gasteiger partial charge is 0.372 e. The van der Waals surface area contributed by atoms with E-state index in [2.05, 4.69) is 56.4 Å². The van der Waals surface area contributed by atoms with Gasteiger partial charge >= 0.3 is 0 Å². The number of anilines is 1. The number of pyridine rings is 1. The number of morpholine rings is 1. The fourth-order valence-corrected chi connectivity index (χ4v) is 4.30. The molecule has 31 heavy (non-hydrogen) atoms. The molecule has 0 saturated carbocycles. The van der Waals surface area contributed by atoms with Crippen LogP contribution in [0.5, 0.6) is 0 Å². The molecule has 9 heteroatoms. The maximum absolute atomic E-state index is 11.6. The van der Waals surface area contributed by atoms with Crippen LogP contribution >= 0.6 is 24.0 Å². The van der Waals surface area contributed by atoms with Gasteiger partial charge in [0.2, 0.25) is 5.91 Å². The van der Waals surface area contributed by atoms with Gasteiger partial charge in [-0.2, -0.15) is 0 Å². The molecule has 1 aromatic rings. The molecule has 2 aliphatic heterocycles. The third-order valence-corrected chi connectivity index (χ3v) is 5.88. The Morgan fingerprint density at radius 1 is 1.23 bits per heavy atom. The van der Waals surface area contributed by atoms with Crippen molar-refractivity contribution in [3.05, 3.63) is 23.9 Å². The van der Waals surface area contributed by atoms with Crippen LogP contribution < -0.4 is 15.5 Å². The molecule has 2 saturated heterocycles. The number of hydrogen-bond donors (Lipinski definition) is 2. The van der Waals surface area contributed by atoms with Gasteiger partial charge < -0.3 is 25.2 Å². The quantitative estimate of drug-likeness (QED) is 0.336. The minimum atomic E-state index is 0. The molecule has 3 heterocycles. The second-order valence-electron chi connectivity index (χ2n) is 8.40. The number of nitrogens with one attached hydrogen (secondary N) is 2. The molecule has 0 radical (unpaired) electrons. The third-order valence-electron chi connectivity index (χ3n) is 5.88. The van der Waals surface area contributed by atoms with Crippen molar-refractivity contribution in [2.45, 2.75) is 51.9 Å². The molecular formula is C22H37IN6O2. The summed E-state index contributed by atoms with van der Waals surface area (Å²) in [6.07, 6.45) is 5.04. The first-order chi connectivity index (χ1) is 14.5. The summed E-state index contributed by atoms with van der Waals surface area (Å²) in [6.45, 7) is 8.49. The van der Waals surface area contributed by atoms with Crippen LogP contribution in [-0.2, 0) is 16.1 Å². The van der Waals surface area contributed by atoms with E-state index in [1.165, 1.54) is 0 Å². The lowest BCUT2D eigenvalue weighted by molar-refractivity contribution is -0.121. The number of likely N-dealkylation sites (tertiary alicyclic amines) is 1. The first kappa shape index (κ1) is 25.6. The summed E-state index contributed by atoms with van der Waals surface area (Å²) in [5.41, 5.74) is 1.13. The molecular weight excluding hydrogens is 507 g/mol. The van der Waals surface area contributed by atoms with Gasteiger partial charge in [-0.3, -0.25) is 9.79 Å². The molecule has 2 fully saturated rings. The highest BCUT2D eigenvalue weighted by molar-refractivity contribution is 14.0. The number of hydrogen-bond acceptors (Lipinski definition) is 5. The fraction of sp³-hybridized carbons (Fsp3) is 0.682. The van der Waals surface area contributed by atoms with Crippen LogP contribution in [0.15, 0.2) is 23.3 Å². The van der Waals surface area contributed by atoms with E-state index < -0.39 is 0 Å². The van der Waals surface area contributed by atoms with Gasteiger partial charge in [-0.1, -0.05) is 6.07 Å². The van der Waals surface area contributed by atoms with E-state index in [1.807, 2.05) is 13.2 Å². The number of carbonyl (C=O) groups excluding carboxylic acids is 1. The van der Waals surface area contributed by atoms with Crippen molar-refractivity contribution in [1.29, 1.82) is 0 Å². The van der Waals surface area contributed by atoms with Crippen molar-refractivity contribution in [3.8, 4) is 0 Å². The van der Waals surface area contributed by atoms with Crippen molar-refractivity contribution in [2.24, 2.45) is 10.9 Å². The third kappa shape index (κ3) is 7.48. The first-order valence-electron chi connectivity index (χ1n) is 11.0. The molecule has 174 valence electrons. The number of amides is 1. The molecule has 0 aromatic carbocycles. The lowest BCUT2D eigenvalue weighted by Crippen LogP contribution is -2.46. The zero-order valence-electron chi connectivity index (χ0n) is 19.1. The van der Waals surface area contributed by atoms with Crippen LogP contribution in [0.3, 0.4) is 0 Å². The van der Waals surface area contributed by atoms with Crippen molar-refractivity contribution in [1.82, 2.24) is 20.5 Å². The van der Waals surface area contributed by atoms with Gasteiger partial charge in [0.15, 0.2) is 5.96 Å². The number of aliphatic imine (C=N–C) groups is 1. The van der Waals surface area contributed by atoms with Crippen molar-refractivity contribution in [3.63, 3.8) is 0 Å². The second-order valence-corrected chi connectivity index (χ2v) is 8.40. The molecule has 0 aliphatic carbocycles. The van der Waals surface area contributed by atoms with Gasteiger partial charge in [-0.25, -0.2) is 4.98 Å². The lowest BCUT2D eigenvalue weighted by Gasteiger charge is -2.36. The highest BCUT2D eigenvalue weighted by Crippen LogP contribution is 2.21. The smallest absolute Gasteiger partial charge is 0.220 e. The van der Waals surface area contributed by atoms with Gasteiger partial charge in [0, 0.05) is 59.4 Å². The molecule has 2 atom stereocenters. The summed E-state index contributed by atoms with van der Waals surface area (Å²) >= 11 is 0. The number of piperidine rings is 1. The highest BCUT2D eigenvalue weighted by Gasteiger charge is 2.24. The van der Waals surface area contributed by atoms with E-state index in [-0.39, 0.29) is 42.1 Å². The molecule has 1 amide bonds. The maximum Gasteiger partial charge on any atom is 0.220 e. The summed E-state index contributed by atoms with van der Waals surface area (Å²) in [7, 11) is 3.52. The average Bonchev–Trinajstić information content (AvgIpc) is 2.75. The predicted octanol–water partition coefficient (Wildman–Crippen LogP) is 2.24. The Bertz CT molecular complexity index is 711. The number of rotatable bonds is 5. The Morgan fingerprint density at radius 2 is 1.90 bits per heavy atom. The molecule has 0 spiro atoms. The SMILES string of the molecule is CN=C(NCc1ccc(N2CC(C)OC(C)C2)nc1)N1CCC(CC(=O)NC)CC1.I. The summed E-state index contributed by atoms with van der Waals surface area (Å²) in [5.74, 6) is 2.51. The molecule has 2 unspecified atom stereocenters. The van der Waals surface area contributed by atoms with Crippen LogP contribution in [0, 0.1) is 5.92 Å². The normalized spacial score (nSPS) is 22.6. The molecule has 2 aliphatic rings. The molecule has 0 bridgehead atoms. The van der Waals surface area contributed by atoms with E-state index >= 15 is 0 Å². The van der Waals surface area contributed by atoms with Crippen molar-refractivity contribution in [2.75, 3.05) is 45.2 Å². The predicted molar refractivity (Wildman–Crippen MR) is 135 cm³/mol. The first-order valence-corrected chi connectivity index (χ1v) is 11.0. The highest BCUT2D eigenvalue weighted by atomic mass is 127. The Balaban J connectivity index is 0.00000341. The van der Waals surface area contributed by atoms with Crippen LogP contribution in [0.4, 0.5) is 5.82 Å². The van der Waals surface area contributed by atoms with Crippen molar-refractivity contribution >= 4 is 41.7 Å². The standard InChI is InChI=1S/C22H36N6O2.HI/c1-16-14-28(15-17(2)30-16)20-6-5-19(12-25-20)13-26-22(24-4)27-9-7-18(8-10-27)11-21(29)23-3;/h5-6,12,16-18H,7-11,13-15H2,1-4H3,(H,23,29)(H,24,26);1H. The van der Waals surface area contributed by atoms with E-state index in [0.717, 1.165) is 56.4 Å². The Hall–Kier alpha value is -1.62. The Labute approximate surface area is 203 Å².